The van der Waals surface area contributed by atoms with E-state index in [-0.39, 0.29) is 6.16 Å². The molecule has 0 aliphatic carbocycles. The minimum absolute atomic E-state index is 0.0620. The van der Waals surface area contributed by atoms with Crippen molar-refractivity contribution in [2.24, 2.45) is 0 Å². The molecule has 0 amide bonds. The fourth-order valence-corrected chi connectivity index (χ4v) is 8.76. The third-order valence-electron chi connectivity index (χ3n) is 9.21. The predicted octanol–water partition coefficient (Wildman–Crippen LogP) is 11.6. The molecular formula is C39H67O3P. The fourth-order valence-electron chi connectivity index (χ4n) is 6.53. The molecule has 0 unspecified atom stereocenters. The zero-order chi connectivity index (χ0) is 31.3. The van der Waals surface area contributed by atoms with Crippen molar-refractivity contribution in [1.29, 1.82) is 0 Å². The molecule has 0 radical (unpaired) electrons. The number of unbranched alkanes of at least 4 members (excludes halogenated alkanes) is 18. The van der Waals surface area contributed by atoms with Gasteiger partial charge in [-0.15, -0.1) is 0 Å². The second-order valence-corrected chi connectivity index (χ2v) is 16.4. The molecule has 0 bridgehead atoms. The summed E-state index contributed by atoms with van der Waals surface area (Å²) < 4.78 is 0. The zero-order valence-electron chi connectivity index (χ0n) is 28.3. The van der Waals surface area contributed by atoms with Gasteiger partial charge in [0.05, 0.1) is 0 Å². The van der Waals surface area contributed by atoms with Gasteiger partial charge in [0.2, 0.25) is 0 Å². The van der Waals surface area contributed by atoms with Gasteiger partial charge in [0.15, 0.2) is 0 Å². The van der Waals surface area contributed by atoms with Crippen molar-refractivity contribution >= 4 is 12.6 Å². The van der Waals surface area contributed by atoms with E-state index < -0.39 is 7.28 Å². The van der Waals surface area contributed by atoms with Crippen molar-refractivity contribution in [3.8, 4) is 11.1 Å². The van der Waals surface area contributed by atoms with E-state index in [2.05, 4.69) is 51.1 Å². The van der Waals surface area contributed by atoms with Gasteiger partial charge in [0.25, 0.3) is 0 Å². The quantitative estimate of drug-likeness (QED) is 0.0730. The maximum atomic E-state index is 11.6. The Morgan fingerprint density at radius 3 is 1.44 bits per heavy atom. The Kier molecular flexibility index (Phi) is 18.9. The van der Waals surface area contributed by atoms with Crippen LogP contribution in [0.1, 0.15) is 167 Å². The molecule has 3 nitrogen and oxygen atoms in total. The Bertz CT molecular complexity index is 993. The summed E-state index contributed by atoms with van der Waals surface area (Å²) in [6.45, 7) is 6.74. The average Bonchev–Trinajstić information content (AvgIpc) is 2.99. The zero-order valence-corrected chi connectivity index (χ0v) is 29.2. The first-order chi connectivity index (χ1) is 20.8. The van der Waals surface area contributed by atoms with E-state index in [0.717, 1.165) is 49.7 Å². The fraction of sp³-hybridized carbons (Fsp3) is 0.692. The van der Waals surface area contributed by atoms with Crippen LogP contribution >= 0.6 is 7.28 Å². The van der Waals surface area contributed by atoms with Gasteiger partial charge >= 0.3 is 253 Å². The normalized spacial score (nSPS) is 12.8. The van der Waals surface area contributed by atoms with Crippen molar-refractivity contribution in [3.05, 3.63) is 53.6 Å². The summed E-state index contributed by atoms with van der Waals surface area (Å²) >= 11 is 0. The molecule has 0 saturated heterocycles. The third kappa shape index (κ3) is 14.6. The number of benzene rings is 2. The van der Waals surface area contributed by atoms with Crippen LogP contribution < -0.4 is 5.30 Å². The summed E-state index contributed by atoms with van der Waals surface area (Å²) in [7, 11) is -5.01. The van der Waals surface area contributed by atoms with Crippen LogP contribution in [0.15, 0.2) is 42.5 Å². The first-order valence-corrected chi connectivity index (χ1v) is 20.6. The standard InChI is InChI=1S/C39H67O3P/c1-4-7-10-13-16-19-22-28-35-29-24-25-30-36(35)37-32-27-33-39(38(37)31-23-20-17-14-11-8-5-2)43(40,41,42)34-26-21-18-15-12-9-6-3/h24-25,27,29-30,32-33,40-42H,4-23,26,28,31,34H2,1-3H3. The van der Waals surface area contributed by atoms with E-state index in [1.165, 1.54) is 114 Å². The number of hydrogen-bond acceptors (Lipinski definition) is 3. The molecule has 246 valence electrons. The summed E-state index contributed by atoms with van der Waals surface area (Å²) in [6.07, 6.45) is 26.9. The van der Waals surface area contributed by atoms with Gasteiger partial charge in [-0.25, -0.2) is 0 Å². The van der Waals surface area contributed by atoms with Crippen LogP contribution in [0.5, 0.6) is 0 Å². The molecule has 0 spiro atoms. The molecule has 0 fully saturated rings. The summed E-state index contributed by atoms with van der Waals surface area (Å²) in [4.78, 5) is 34.9. The van der Waals surface area contributed by atoms with Crippen LogP contribution in [-0.4, -0.2) is 20.8 Å². The van der Waals surface area contributed by atoms with Crippen molar-refractivity contribution in [2.45, 2.75) is 168 Å². The van der Waals surface area contributed by atoms with Crippen molar-refractivity contribution in [2.75, 3.05) is 6.16 Å². The van der Waals surface area contributed by atoms with Crippen molar-refractivity contribution in [1.82, 2.24) is 0 Å². The molecule has 43 heavy (non-hydrogen) atoms. The van der Waals surface area contributed by atoms with Gasteiger partial charge in [-0.3, -0.25) is 0 Å². The Hall–Kier alpha value is -1.25. The molecule has 0 aliphatic rings. The Labute approximate surface area is 266 Å². The monoisotopic (exact) mass is 614 g/mol. The molecule has 0 atom stereocenters. The summed E-state index contributed by atoms with van der Waals surface area (Å²) in [5.41, 5.74) is 4.55. The Morgan fingerprint density at radius 2 is 0.884 bits per heavy atom. The molecule has 3 N–H and O–H groups in total. The predicted molar refractivity (Wildman–Crippen MR) is 191 cm³/mol. The molecule has 0 aliphatic heterocycles. The Balaban J connectivity index is 2.25. The molecular weight excluding hydrogens is 547 g/mol. The SMILES string of the molecule is CCCCCCCCCc1ccccc1-c1cccc(P(O)(O)(O)CCCCCCCCC)c1CCCCCCCCC. The van der Waals surface area contributed by atoms with E-state index in [4.69, 9.17) is 0 Å². The summed E-state index contributed by atoms with van der Waals surface area (Å²) in [6, 6.07) is 14.5. The van der Waals surface area contributed by atoms with Gasteiger partial charge < -0.3 is 0 Å². The second kappa shape index (κ2) is 21.5. The van der Waals surface area contributed by atoms with E-state index in [1.54, 1.807) is 6.07 Å². The molecule has 0 saturated carbocycles. The van der Waals surface area contributed by atoms with Crippen LogP contribution in [0.4, 0.5) is 0 Å². The van der Waals surface area contributed by atoms with Gasteiger partial charge in [0.1, 0.15) is 0 Å². The average molecular weight is 615 g/mol. The summed E-state index contributed by atoms with van der Waals surface area (Å²) in [5, 5.41) is 0.409. The van der Waals surface area contributed by atoms with Crippen LogP contribution in [0.2, 0.25) is 0 Å². The van der Waals surface area contributed by atoms with Crippen LogP contribution in [0.25, 0.3) is 11.1 Å². The molecule has 0 aromatic heterocycles. The molecule has 2 aromatic rings. The van der Waals surface area contributed by atoms with E-state index in [9.17, 15) is 14.7 Å². The molecule has 4 heteroatoms. The van der Waals surface area contributed by atoms with Gasteiger partial charge in [0, 0.05) is 0 Å². The molecule has 2 rings (SSSR count). The Morgan fingerprint density at radius 1 is 0.442 bits per heavy atom. The first-order valence-electron chi connectivity index (χ1n) is 18.3. The number of aryl methyl sites for hydroxylation is 1. The summed E-state index contributed by atoms with van der Waals surface area (Å²) in [5.74, 6) is 0. The van der Waals surface area contributed by atoms with E-state index in [1.807, 2.05) is 6.07 Å². The van der Waals surface area contributed by atoms with Crippen LogP contribution in [-0.2, 0) is 12.8 Å². The van der Waals surface area contributed by atoms with E-state index in [0.29, 0.717) is 11.7 Å². The molecule has 0 heterocycles. The second-order valence-electron chi connectivity index (χ2n) is 13.2. The maximum absolute atomic E-state index is 11.6. The van der Waals surface area contributed by atoms with Gasteiger partial charge in [-0.1, -0.05) is 13.3 Å². The third-order valence-corrected chi connectivity index (χ3v) is 11.8. The van der Waals surface area contributed by atoms with Gasteiger partial charge in [-0.2, -0.15) is 0 Å². The minimum atomic E-state index is -5.01. The van der Waals surface area contributed by atoms with Crippen molar-refractivity contribution in [3.63, 3.8) is 0 Å². The van der Waals surface area contributed by atoms with E-state index >= 15 is 0 Å². The number of rotatable bonds is 26. The van der Waals surface area contributed by atoms with Crippen LogP contribution in [0.3, 0.4) is 0 Å². The molecule has 2 aromatic carbocycles. The first kappa shape index (κ1) is 37.9. The number of hydrogen-bond donors (Lipinski definition) is 3. The van der Waals surface area contributed by atoms with Crippen molar-refractivity contribution < 1.29 is 14.7 Å². The topological polar surface area (TPSA) is 60.7 Å². The van der Waals surface area contributed by atoms with Crippen LogP contribution in [0, 0.1) is 0 Å². The van der Waals surface area contributed by atoms with Gasteiger partial charge in [-0.05, 0) is 0 Å².